The van der Waals surface area contributed by atoms with Crippen LogP contribution < -0.4 is 10.5 Å². The maximum Gasteiger partial charge on any atom is 0.247 e. The van der Waals surface area contributed by atoms with Crippen molar-refractivity contribution in [3.05, 3.63) is 63.5 Å². The highest BCUT2D eigenvalue weighted by Gasteiger charge is 2.16. The normalized spacial score (nSPS) is 11.5. The third kappa shape index (κ3) is 4.81. The predicted molar refractivity (Wildman–Crippen MR) is 109 cm³/mol. The van der Waals surface area contributed by atoms with Crippen LogP contribution in [0.15, 0.2) is 46.1 Å². The molecule has 0 spiro atoms. The van der Waals surface area contributed by atoms with E-state index in [1.54, 1.807) is 17.6 Å². The summed E-state index contributed by atoms with van der Waals surface area (Å²) in [5, 5.41) is 10.8. The first-order chi connectivity index (χ1) is 12.9. The van der Waals surface area contributed by atoms with Gasteiger partial charge in [0, 0.05) is 12.1 Å². The van der Waals surface area contributed by atoms with Gasteiger partial charge in [-0.2, -0.15) is 0 Å². The zero-order chi connectivity index (χ0) is 19.4. The Morgan fingerprint density at radius 2 is 2.04 bits per heavy atom. The van der Waals surface area contributed by atoms with Gasteiger partial charge >= 0.3 is 0 Å². The maximum atomic E-state index is 12.6. The van der Waals surface area contributed by atoms with Crippen LogP contribution in [0.4, 0.5) is 5.13 Å². The van der Waals surface area contributed by atoms with E-state index in [2.05, 4.69) is 10.3 Å². The topological polar surface area (TPSA) is 102 Å². The number of anilines is 1. The number of rotatable bonds is 8. The number of carbonyl (C=O) groups is 1. The van der Waals surface area contributed by atoms with Gasteiger partial charge in [-0.15, -0.1) is 11.3 Å². The van der Waals surface area contributed by atoms with Crippen LogP contribution in [0.3, 0.4) is 0 Å². The molecule has 0 saturated heterocycles. The molecule has 0 unspecified atom stereocenters. The van der Waals surface area contributed by atoms with Crippen LogP contribution in [0.1, 0.15) is 32.8 Å². The molecular formula is C18H19N3O3S3. The van der Waals surface area contributed by atoms with Crippen LogP contribution in [0.2, 0.25) is 0 Å². The summed E-state index contributed by atoms with van der Waals surface area (Å²) in [6, 6.07) is 9.26. The average molecular weight is 422 g/mol. The van der Waals surface area contributed by atoms with Gasteiger partial charge in [-0.25, -0.2) is 18.5 Å². The number of hydrogen-bond acceptors (Lipinski definition) is 7. The van der Waals surface area contributed by atoms with E-state index >= 15 is 0 Å². The summed E-state index contributed by atoms with van der Waals surface area (Å²) < 4.78 is 23.2. The SMILES string of the molecule is Cc1ccccc1C(=O)c1cnc(NCCCc2ccsc2S(N)(=O)=O)s1. The van der Waals surface area contributed by atoms with E-state index in [1.165, 1.54) is 11.3 Å². The van der Waals surface area contributed by atoms with E-state index in [9.17, 15) is 13.2 Å². The van der Waals surface area contributed by atoms with Gasteiger partial charge in [0.15, 0.2) is 5.13 Å². The number of aromatic nitrogens is 1. The van der Waals surface area contributed by atoms with Crippen molar-refractivity contribution in [3.8, 4) is 0 Å². The van der Waals surface area contributed by atoms with Crippen LogP contribution >= 0.6 is 22.7 Å². The Balaban J connectivity index is 1.56. The molecule has 27 heavy (non-hydrogen) atoms. The van der Waals surface area contributed by atoms with Crippen LogP contribution in [-0.2, 0) is 16.4 Å². The predicted octanol–water partition coefficient (Wildman–Crippen LogP) is 3.44. The number of nitrogens with one attached hydrogen (secondary N) is 1. The third-order valence-corrected chi connectivity index (χ3v) is 7.45. The van der Waals surface area contributed by atoms with Gasteiger partial charge in [-0.05, 0) is 42.3 Å². The lowest BCUT2D eigenvalue weighted by Crippen LogP contribution is -2.12. The van der Waals surface area contributed by atoms with Gasteiger partial charge in [0.05, 0.1) is 11.1 Å². The van der Waals surface area contributed by atoms with E-state index in [0.29, 0.717) is 28.5 Å². The van der Waals surface area contributed by atoms with Crippen molar-refractivity contribution in [3.63, 3.8) is 0 Å². The van der Waals surface area contributed by atoms with E-state index in [0.717, 1.165) is 28.9 Å². The molecule has 142 valence electrons. The van der Waals surface area contributed by atoms with Gasteiger partial charge in [0.1, 0.15) is 4.21 Å². The summed E-state index contributed by atoms with van der Waals surface area (Å²) in [6.45, 7) is 2.53. The second-order valence-corrected chi connectivity index (χ2v) is 9.69. The zero-order valence-corrected chi connectivity index (χ0v) is 17.1. The first kappa shape index (κ1) is 19.7. The van der Waals surface area contributed by atoms with E-state index in [4.69, 9.17) is 5.14 Å². The fourth-order valence-electron chi connectivity index (χ4n) is 2.65. The number of nitrogens with zero attached hydrogens (tertiary/aromatic N) is 1. The maximum absolute atomic E-state index is 12.6. The molecule has 3 rings (SSSR count). The van der Waals surface area contributed by atoms with Crippen molar-refractivity contribution in [1.29, 1.82) is 0 Å². The number of primary sulfonamides is 1. The Morgan fingerprint density at radius 3 is 2.78 bits per heavy atom. The van der Waals surface area contributed by atoms with Gasteiger partial charge in [-0.3, -0.25) is 4.79 Å². The molecule has 0 amide bonds. The van der Waals surface area contributed by atoms with Gasteiger partial charge in [0.2, 0.25) is 15.8 Å². The summed E-state index contributed by atoms with van der Waals surface area (Å²) >= 11 is 2.45. The second-order valence-electron chi connectivity index (χ2n) is 5.98. The number of thiazole rings is 1. The Bertz CT molecular complexity index is 1050. The van der Waals surface area contributed by atoms with Crippen molar-refractivity contribution in [1.82, 2.24) is 4.98 Å². The Labute approximate surface area is 166 Å². The van der Waals surface area contributed by atoms with E-state index in [1.807, 2.05) is 31.2 Å². The molecule has 3 aromatic rings. The number of benzene rings is 1. The molecule has 1 aromatic carbocycles. The summed E-state index contributed by atoms with van der Waals surface area (Å²) in [6.07, 6.45) is 2.91. The molecule has 3 N–H and O–H groups in total. The summed E-state index contributed by atoms with van der Waals surface area (Å²) in [4.78, 5) is 17.4. The molecule has 0 bridgehead atoms. The molecule has 0 fully saturated rings. The zero-order valence-electron chi connectivity index (χ0n) is 14.6. The van der Waals surface area contributed by atoms with Crippen molar-refractivity contribution in [2.75, 3.05) is 11.9 Å². The Morgan fingerprint density at radius 1 is 1.26 bits per heavy atom. The lowest BCUT2D eigenvalue weighted by molar-refractivity contribution is 0.104. The number of sulfonamides is 1. The molecule has 0 saturated carbocycles. The van der Waals surface area contributed by atoms with E-state index < -0.39 is 10.0 Å². The number of carbonyl (C=O) groups excluding carboxylic acids is 1. The molecule has 0 aliphatic rings. The highest BCUT2D eigenvalue weighted by atomic mass is 32.2. The number of nitrogens with two attached hydrogens (primary N) is 1. The lowest BCUT2D eigenvalue weighted by Gasteiger charge is -2.04. The molecule has 6 nitrogen and oxygen atoms in total. The fraction of sp³-hybridized carbons (Fsp3) is 0.222. The van der Waals surface area contributed by atoms with Crippen molar-refractivity contribution in [2.24, 2.45) is 5.14 Å². The van der Waals surface area contributed by atoms with Gasteiger partial charge in [0.25, 0.3) is 0 Å². The molecule has 0 radical (unpaired) electrons. The molecule has 0 aliphatic heterocycles. The van der Waals surface area contributed by atoms with Gasteiger partial charge in [-0.1, -0.05) is 35.6 Å². The second kappa shape index (κ2) is 8.30. The molecule has 9 heteroatoms. The molecular weight excluding hydrogens is 402 g/mol. The van der Waals surface area contributed by atoms with Crippen LogP contribution in [0, 0.1) is 6.92 Å². The van der Waals surface area contributed by atoms with Gasteiger partial charge < -0.3 is 5.32 Å². The third-order valence-electron chi connectivity index (χ3n) is 3.98. The minimum Gasteiger partial charge on any atom is -0.361 e. The van der Waals surface area contributed by atoms with Crippen molar-refractivity contribution < 1.29 is 13.2 Å². The summed E-state index contributed by atoms with van der Waals surface area (Å²) in [7, 11) is -3.67. The minimum absolute atomic E-state index is 0.0327. The lowest BCUT2D eigenvalue weighted by atomic mass is 10.0. The van der Waals surface area contributed by atoms with Crippen LogP contribution in [0.25, 0.3) is 0 Å². The number of hydrogen-bond donors (Lipinski definition) is 2. The molecule has 0 atom stereocenters. The first-order valence-electron chi connectivity index (χ1n) is 8.25. The smallest absolute Gasteiger partial charge is 0.247 e. The quantitative estimate of drug-likeness (QED) is 0.428. The van der Waals surface area contributed by atoms with E-state index in [-0.39, 0.29) is 9.99 Å². The number of aryl methyl sites for hydroxylation is 2. The monoisotopic (exact) mass is 421 g/mol. The molecule has 2 aromatic heterocycles. The highest BCUT2D eigenvalue weighted by Crippen LogP contribution is 2.24. The number of ketones is 1. The highest BCUT2D eigenvalue weighted by molar-refractivity contribution is 7.91. The minimum atomic E-state index is -3.67. The summed E-state index contributed by atoms with van der Waals surface area (Å²) in [5.74, 6) is -0.0327. The molecule has 2 heterocycles. The van der Waals surface area contributed by atoms with Crippen LogP contribution in [0.5, 0.6) is 0 Å². The Hall–Kier alpha value is -2.07. The van der Waals surface area contributed by atoms with Crippen LogP contribution in [-0.4, -0.2) is 25.7 Å². The standard InChI is InChI=1S/C18H19N3O3S3/c1-12-5-2-3-7-14(12)16(22)15-11-21-18(26-15)20-9-4-6-13-8-10-25-17(13)27(19,23)24/h2-3,5,7-8,10-11H,4,6,9H2,1H3,(H,20,21)(H2,19,23,24). The number of thiophene rings is 1. The Kier molecular flexibility index (Phi) is 6.05. The van der Waals surface area contributed by atoms with Crippen molar-refractivity contribution in [2.45, 2.75) is 24.0 Å². The molecule has 0 aliphatic carbocycles. The average Bonchev–Trinajstić information content (AvgIpc) is 3.28. The first-order valence-corrected chi connectivity index (χ1v) is 11.5. The largest absolute Gasteiger partial charge is 0.361 e. The van der Waals surface area contributed by atoms with Crippen molar-refractivity contribution >= 4 is 43.6 Å². The summed E-state index contributed by atoms with van der Waals surface area (Å²) in [5.41, 5.74) is 2.35. The fourth-order valence-corrected chi connectivity index (χ4v) is 5.36.